The molecular formula is C26H33ClN2O4. The van der Waals surface area contributed by atoms with Crippen molar-refractivity contribution in [2.45, 2.75) is 64.1 Å². The molecule has 178 valence electrons. The molecule has 0 bridgehead atoms. The maximum absolute atomic E-state index is 13.2. The molecule has 1 N–H and O–H groups in total. The molecule has 0 spiro atoms. The van der Waals surface area contributed by atoms with Gasteiger partial charge in [0, 0.05) is 24.0 Å². The van der Waals surface area contributed by atoms with E-state index in [1.165, 1.54) is 0 Å². The Hall–Kier alpha value is -2.73. The number of hydrogen-bond acceptors (Lipinski definition) is 4. The van der Waals surface area contributed by atoms with Crippen LogP contribution in [0, 0.1) is 0 Å². The van der Waals surface area contributed by atoms with E-state index in [9.17, 15) is 9.59 Å². The smallest absolute Gasteiger partial charge is 0.242 e. The monoisotopic (exact) mass is 472 g/mol. The van der Waals surface area contributed by atoms with E-state index < -0.39 is 6.04 Å². The predicted octanol–water partition coefficient (Wildman–Crippen LogP) is 4.98. The van der Waals surface area contributed by atoms with Gasteiger partial charge in [-0.3, -0.25) is 9.59 Å². The third kappa shape index (κ3) is 7.67. The molecule has 1 aliphatic rings. The van der Waals surface area contributed by atoms with E-state index in [-0.39, 0.29) is 17.9 Å². The Morgan fingerprint density at radius 1 is 1.12 bits per heavy atom. The molecule has 2 aromatic carbocycles. The van der Waals surface area contributed by atoms with Gasteiger partial charge in [-0.25, -0.2) is 0 Å². The first-order chi connectivity index (χ1) is 16.0. The molecule has 2 aromatic rings. The quantitative estimate of drug-likeness (QED) is 0.468. The van der Waals surface area contributed by atoms with Crippen molar-refractivity contribution in [3.63, 3.8) is 0 Å². The number of nitrogens with zero attached hydrogens (tertiary/aromatic N) is 1. The summed E-state index contributed by atoms with van der Waals surface area (Å²) in [6, 6.07) is 14.4. The Bertz CT molecular complexity index is 913. The summed E-state index contributed by atoms with van der Waals surface area (Å²) in [4.78, 5) is 27.8. The minimum atomic E-state index is -0.568. The van der Waals surface area contributed by atoms with Gasteiger partial charge in [-0.05, 0) is 68.1 Å². The molecule has 1 atom stereocenters. The fourth-order valence-corrected chi connectivity index (χ4v) is 4.16. The Morgan fingerprint density at radius 3 is 2.55 bits per heavy atom. The number of nitrogens with one attached hydrogen (secondary N) is 1. The molecule has 1 saturated carbocycles. The van der Waals surface area contributed by atoms with E-state index in [1.807, 2.05) is 24.3 Å². The van der Waals surface area contributed by atoms with Crippen molar-refractivity contribution in [1.82, 2.24) is 10.2 Å². The molecule has 6 nitrogen and oxygen atoms in total. The second-order valence-electron chi connectivity index (χ2n) is 8.45. The van der Waals surface area contributed by atoms with E-state index in [0.717, 1.165) is 37.0 Å². The van der Waals surface area contributed by atoms with Gasteiger partial charge in [0.15, 0.2) is 0 Å². The minimum Gasteiger partial charge on any atom is -0.497 e. The van der Waals surface area contributed by atoms with E-state index in [4.69, 9.17) is 21.1 Å². The van der Waals surface area contributed by atoms with Crippen molar-refractivity contribution in [2.24, 2.45) is 0 Å². The third-order valence-electron chi connectivity index (χ3n) is 5.97. The summed E-state index contributed by atoms with van der Waals surface area (Å²) in [5.41, 5.74) is 0.917. The van der Waals surface area contributed by atoms with Crippen LogP contribution in [0.1, 0.15) is 51.0 Å². The van der Waals surface area contributed by atoms with Crippen molar-refractivity contribution < 1.29 is 19.1 Å². The van der Waals surface area contributed by atoms with Crippen LogP contribution in [0.15, 0.2) is 48.5 Å². The number of carbonyl (C=O) groups excluding carboxylic acids is 2. The molecule has 0 heterocycles. The zero-order valence-electron chi connectivity index (χ0n) is 19.4. The summed E-state index contributed by atoms with van der Waals surface area (Å²) in [7, 11) is 1.61. The standard InChI is InChI=1S/C26H33ClN2O4/c1-19(26(31)28-22-8-3-4-9-22)29(18-20-7-5-10-24(17-20)32-2)25(30)11-6-16-33-23-14-12-21(27)13-15-23/h5,7,10,12-15,17,19,22H,3-4,6,8-9,11,16,18H2,1-2H3,(H,28,31)/t19-/m0/s1. The molecule has 7 heteroatoms. The summed E-state index contributed by atoms with van der Waals surface area (Å²) >= 11 is 5.90. The highest BCUT2D eigenvalue weighted by Gasteiger charge is 2.28. The molecule has 0 aromatic heterocycles. The highest BCUT2D eigenvalue weighted by molar-refractivity contribution is 6.30. The van der Waals surface area contributed by atoms with Gasteiger partial charge in [0.25, 0.3) is 0 Å². The Kier molecular flexibility index (Phi) is 9.43. The summed E-state index contributed by atoms with van der Waals surface area (Å²) in [5.74, 6) is 1.26. The SMILES string of the molecule is COc1cccc(CN(C(=O)CCCOc2ccc(Cl)cc2)[C@@H](C)C(=O)NC2CCCC2)c1. The fraction of sp³-hybridized carbons (Fsp3) is 0.462. The van der Waals surface area contributed by atoms with Gasteiger partial charge in [-0.2, -0.15) is 0 Å². The topological polar surface area (TPSA) is 67.9 Å². The molecule has 2 amide bonds. The van der Waals surface area contributed by atoms with Crippen LogP contribution in [0.5, 0.6) is 11.5 Å². The number of ether oxygens (including phenoxy) is 2. The van der Waals surface area contributed by atoms with E-state index in [1.54, 1.807) is 43.2 Å². The normalized spacial score (nSPS) is 14.5. The van der Waals surface area contributed by atoms with Crippen molar-refractivity contribution in [2.75, 3.05) is 13.7 Å². The van der Waals surface area contributed by atoms with Gasteiger partial charge < -0.3 is 19.7 Å². The van der Waals surface area contributed by atoms with Crippen LogP contribution in [0.4, 0.5) is 0 Å². The van der Waals surface area contributed by atoms with Crippen LogP contribution in [0.2, 0.25) is 5.02 Å². The maximum atomic E-state index is 13.2. The molecule has 1 fully saturated rings. The zero-order chi connectivity index (χ0) is 23.6. The van der Waals surface area contributed by atoms with Gasteiger partial charge in [-0.1, -0.05) is 36.6 Å². The maximum Gasteiger partial charge on any atom is 0.242 e. The van der Waals surface area contributed by atoms with Gasteiger partial charge in [-0.15, -0.1) is 0 Å². The Labute approximate surface area is 201 Å². The average molecular weight is 473 g/mol. The van der Waals surface area contributed by atoms with E-state index in [2.05, 4.69) is 5.32 Å². The molecule has 3 rings (SSSR count). The molecule has 33 heavy (non-hydrogen) atoms. The number of carbonyl (C=O) groups is 2. The van der Waals surface area contributed by atoms with Gasteiger partial charge in [0.1, 0.15) is 17.5 Å². The summed E-state index contributed by atoms with van der Waals surface area (Å²) in [6.45, 7) is 2.54. The molecule has 0 aliphatic heterocycles. The highest BCUT2D eigenvalue weighted by Crippen LogP contribution is 2.20. The van der Waals surface area contributed by atoms with Crippen molar-refractivity contribution >= 4 is 23.4 Å². The van der Waals surface area contributed by atoms with Gasteiger partial charge in [0.2, 0.25) is 11.8 Å². The van der Waals surface area contributed by atoms with Crippen LogP contribution in [-0.2, 0) is 16.1 Å². The van der Waals surface area contributed by atoms with E-state index in [0.29, 0.717) is 36.8 Å². The Balaban J connectivity index is 1.61. The minimum absolute atomic E-state index is 0.0772. The number of benzene rings is 2. The first kappa shape index (κ1) is 24.9. The molecular weight excluding hydrogens is 440 g/mol. The molecule has 0 unspecified atom stereocenters. The predicted molar refractivity (Wildman–Crippen MR) is 130 cm³/mol. The molecule has 0 saturated heterocycles. The Morgan fingerprint density at radius 2 is 1.85 bits per heavy atom. The van der Waals surface area contributed by atoms with Crippen molar-refractivity contribution in [1.29, 1.82) is 0 Å². The molecule has 1 aliphatic carbocycles. The summed E-state index contributed by atoms with van der Waals surface area (Å²) in [6.07, 6.45) is 5.12. The second kappa shape index (κ2) is 12.5. The van der Waals surface area contributed by atoms with Gasteiger partial charge in [0.05, 0.1) is 13.7 Å². The average Bonchev–Trinajstić information content (AvgIpc) is 3.34. The summed E-state index contributed by atoms with van der Waals surface area (Å²) < 4.78 is 11.0. The number of halogens is 1. The number of hydrogen-bond donors (Lipinski definition) is 1. The lowest BCUT2D eigenvalue weighted by Gasteiger charge is -2.30. The largest absolute Gasteiger partial charge is 0.497 e. The van der Waals surface area contributed by atoms with Gasteiger partial charge >= 0.3 is 0 Å². The van der Waals surface area contributed by atoms with Crippen LogP contribution in [-0.4, -0.2) is 42.5 Å². The van der Waals surface area contributed by atoms with Crippen LogP contribution < -0.4 is 14.8 Å². The van der Waals surface area contributed by atoms with Crippen molar-refractivity contribution in [3.05, 3.63) is 59.1 Å². The van der Waals surface area contributed by atoms with Crippen LogP contribution >= 0.6 is 11.6 Å². The number of methoxy groups -OCH3 is 1. The van der Waals surface area contributed by atoms with E-state index >= 15 is 0 Å². The highest BCUT2D eigenvalue weighted by atomic mass is 35.5. The first-order valence-electron chi connectivity index (χ1n) is 11.6. The lowest BCUT2D eigenvalue weighted by atomic mass is 10.1. The molecule has 0 radical (unpaired) electrons. The number of rotatable bonds is 11. The third-order valence-corrected chi connectivity index (χ3v) is 6.23. The number of amides is 2. The van der Waals surface area contributed by atoms with Crippen LogP contribution in [0.3, 0.4) is 0 Å². The lowest BCUT2D eigenvalue weighted by molar-refractivity contribution is -0.141. The second-order valence-corrected chi connectivity index (χ2v) is 8.88. The van der Waals surface area contributed by atoms with Crippen molar-refractivity contribution in [3.8, 4) is 11.5 Å². The summed E-state index contributed by atoms with van der Waals surface area (Å²) in [5, 5.41) is 3.77. The fourth-order valence-electron chi connectivity index (χ4n) is 4.03. The zero-order valence-corrected chi connectivity index (χ0v) is 20.1. The lowest BCUT2D eigenvalue weighted by Crippen LogP contribution is -2.49. The van der Waals surface area contributed by atoms with Crippen LogP contribution in [0.25, 0.3) is 0 Å². The first-order valence-corrected chi connectivity index (χ1v) is 11.9.